The summed E-state index contributed by atoms with van der Waals surface area (Å²) >= 11 is 10.8. The van der Waals surface area contributed by atoms with Crippen molar-refractivity contribution < 1.29 is 4.79 Å². The summed E-state index contributed by atoms with van der Waals surface area (Å²) in [5.41, 5.74) is 0.952. The van der Waals surface area contributed by atoms with Gasteiger partial charge in [-0.15, -0.1) is 0 Å². The molecule has 0 saturated heterocycles. The molecular weight excluding hydrogens is 185 g/mol. The largest absolute Gasteiger partial charge is 0.274 e. The van der Waals surface area contributed by atoms with Crippen LogP contribution in [0.1, 0.15) is 16.1 Å². The zero-order valence-corrected chi connectivity index (χ0v) is 7.28. The fraction of sp³-hybridized carbons (Fsp3) is 0.143. The zero-order chi connectivity index (χ0) is 8.43. The van der Waals surface area contributed by atoms with E-state index in [1.807, 2.05) is 0 Å². The van der Waals surface area contributed by atoms with Crippen LogP contribution < -0.4 is 0 Å². The molecule has 0 aliphatic carbocycles. The summed E-state index contributed by atoms with van der Waals surface area (Å²) in [4.78, 5) is 14.4. The Hall–Kier alpha value is -0.600. The lowest BCUT2D eigenvalue weighted by Crippen LogP contribution is -1.97. The molecule has 0 N–H and O–H groups in total. The number of hydrogen-bond acceptors (Lipinski definition) is 2. The van der Waals surface area contributed by atoms with Crippen LogP contribution >= 0.6 is 23.2 Å². The summed E-state index contributed by atoms with van der Waals surface area (Å²) < 4.78 is 0. The lowest BCUT2D eigenvalue weighted by atomic mass is 10.2. The number of aromatic nitrogens is 1. The molecule has 0 atom stereocenters. The molecule has 0 aromatic carbocycles. The SMILES string of the molecule is Cc1ccc(Cl)nc1C(=O)Cl. The number of pyridine rings is 1. The van der Waals surface area contributed by atoms with Gasteiger partial charge in [-0.2, -0.15) is 0 Å². The minimum Gasteiger partial charge on any atom is -0.274 e. The summed E-state index contributed by atoms with van der Waals surface area (Å²) in [5, 5.41) is -0.301. The first-order valence-corrected chi connectivity index (χ1v) is 3.70. The van der Waals surface area contributed by atoms with Crippen LogP contribution in [0.3, 0.4) is 0 Å². The first-order chi connectivity index (χ1) is 5.11. The van der Waals surface area contributed by atoms with Crippen LogP contribution in [-0.4, -0.2) is 10.2 Å². The topological polar surface area (TPSA) is 30.0 Å². The van der Waals surface area contributed by atoms with E-state index < -0.39 is 5.24 Å². The van der Waals surface area contributed by atoms with Crippen molar-refractivity contribution in [3.63, 3.8) is 0 Å². The Balaban J connectivity index is 3.23. The molecule has 0 saturated carbocycles. The molecule has 1 heterocycles. The smallest absolute Gasteiger partial charge is 0.271 e. The van der Waals surface area contributed by atoms with E-state index in [4.69, 9.17) is 23.2 Å². The molecule has 11 heavy (non-hydrogen) atoms. The quantitative estimate of drug-likeness (QED) is 0.502. The van der Waals surface area contributed by atoms with Crippen LogP contribution in [0, 0.1) is 6.92 Å². The van der Waals surface area contributed by atoms with Crippen molar-refractivity contribution in [1.82, 2.24) is 4.98 Å². The molecule has 0 aliphatic rings. The van der Waals surface area contributed by atoms with Crippen molar-refractivity contribution in [2.75, 3.05) is 0 Å². The number of hydrogen-bond donors (Lipinski definition) is 0. The Kier molecular flexibility index (Phi) is 2.47. The standard InChI is InChI=1S/C7H5Cl2NO/c1-4-2-3-5(8)10-6(4)7(9)11/h2-3H,1H3. The van der Waals surface area contributed by atoms with Gasteiger partial charge in [0.2, 0.25) is 0 Å². The van der Waals surface area contributed by atoms with Gasteiger partial charge in [0.1, 0.15) is 10.8 Å². The van der Waals surface area contributed by atoms with Crippen molar-refractivity contribution in [1.29, 1.82) is 0 Å². The predicted molar refractivity (Wildman–Crippen MR) is 44.2 cm³/mol. The van der Waals surface area contributed by atoms with Crippen molar-refractivity contribution in [2.45, 2.75) is 6.92 Å². The van der Waals surface area contributed by atoms with Gasteiger partial charge in [-0.3, -0.25) is 4.79 Å². The second-order valence-corrected chi connectivity index (χ2v) is 2.80. The highest BCUT2D eigenvalue weighted by Crippen LogP contribution is 2.12. The molecule has 0 spiro atoms. The van der Waals surface area contributed by atoms with Gasteiger partial charge in [0.15, 0.2) is 0 Å². The molecule has 0 unspecified atom stereocenters. The maximum Gasteiger partial charge on any atom is 0.271 e. The highest BCUT2D eigenvalue weighted by molar-refractivity contribution is 6.67. The van der Waals surface area contributed by atoms with Gasteiger partial charge in [0.25, 0.3) is 5.24 Å². The van der Waals surface area contributed by atoms with E-state index in [9.17, 15) is 4.79 Å². The number of aryl methyl sites for hydroxylation is 1. The molecule has 0 bridgehead atoms. The van der Waals surface area contributed by atoms with Crippen molar-refractivity contribution >= 4 is 28.4 Å². The Morgan fingerprint density at radius 2 is 2.18 bits per heavy atom. The van der Waals surface area contributed by atoms with Gasteiger partial charge >= 0.3 is 0 Å². The number of nitrogens with zero attached hydrogens (tertiary/aromatic N) is 1. The van der Waals surface area contributed by atoms with Crippen LogP contribution in [0.5, 0.6) is 0 Å². The van der Waals surface area contributed by atoms with E-state index in [2.05, 4.69) is 4.98 Å². The lowest BCUT2D eigenvalue weighted by molar-refractivity contribution is 0.107. The third-order valence-electron chi connectivity index (χ3n) is 1.25. The predicted octanol–water partition coefficient (Wildman–Crippen LogP) is 2.42. The van der Waals surface area contributed by atoms with E-state index in [1.165, 1.54) is 0 Å². The average Bonchev–Trinajstić information content (AvgIpc) is 1.94. The van der Waals surface area contributed by atoms with E-state index in [0.717, 1.165) is 5.56 Å². The normalized spacial score (nSPS) is 9.73. The van der Waals surface area contributed by atoms with Gasteiger partial charge in [0, 0.05) is 0 Å². The second-order valence-electron chi connectivity index (χ2n) is 2.07. The van der Waals surface area contributed by atoms with E-state index in [1.54, 1.807) is 19.1 Å². The van der Waals surface area contributed by atoms with Gasteiger partial charge in [0.05, 0.1) is 0 Å². The second kappa shape index (κ2) is 3.20. The maximum absolute atomic E-state index is 10.7. The van der Waals surface area contributed by atoms with E-state index >= 15 is 0 Å². The van der Waals surface area contributed by atoms with E-state index in [-0.39, 0.29) is 10.8 Å². The molecule has 2 nitrogen and oxygen atoms in total. The highest BCUT2D eigenvalue weighted by atomic mass is 35.5. The summed E-state index contributed by atoms with van der Waals surface area (Å²) in [6.45, 7) is 1.75. The Morgan fingerprint density at radius 1 is 1.55 bits per heavy atom. The molecule has 1 aromatic rings. The van der Waals surface area contributed by atoms with Crippen LogP contribution in [0.2, 0.25) is 5.15 Å². The summed E-state index contributed by atoms with van der Waals surface area (Å²) in [5.74, 6) is 0. The fourth-order valence-electron chi connectivity index (χ4n) is 0.704. The number of carbonyl (C=O) groups is 1. The molecule has 0 radical (unpaired) electrons. The summed E-state index contributed by atoms with van der Waals surface area (Å²) in [6.07, 6.45) is 0. The Bertz CT molecular complexity index is 298. The zero-order valence-electron chi connectivity index (χ0n) is 5.77. The third-order valence-corrected chi connectivity index (χ3v) is 1.64. The third kappa shape index (κ3) is 1.91. The minimum absolute atomic E-state index is 0.221. The van der Waals surface area contributed by atoms with Crippen molar-refractivity contribution in [3.05, 3.63) is 28.5 Å². The van der Waals surface area contributed by atoms with Crippen LogP contribution in [0.4, 0.5) is 0 Å². The fourth-order valence-corrected chi connectivity index (χ4v) is 1.04. The highest BCUT2D eigenvalue weighted by Gasteiger charge is 2.07. The minimum atomic E-state index is -0.579. The Morgan fingerprint density at radius 3 is 2.64 bits per heavy atom. The first kappa shape index (κ1) is 8.50. The average molecular weight is 190 g/mol. The van der Waals surface area contributed by atoms with Crippen LogP contribution in [0.25, 0.3) is 0 Å². The molecular formula is C7H5Cl2NO. The van der Waals surface area contributed by atoms with Gasteiger partial charge in [-0.25, -0.2) is 4.98 Å². The van der Waals surface area contributed by atoms with Crippen LogP contribution in [-0.2, 0) is 0 Å². The molecule has 0 amide bonds. The number of rotatable bonds is 1. The Labute approximate surface area is 74.1 Å². The molecule has 1 aromatic heterocycles. The summed E-state index contributed by atoms with van der Waals surface area (Å²) in [6, 6.07) is 3.31. The molecule has 0 aliphatic heterocycles. The van der Waals surface area contributed by atoms with Crippen molar-refractivity contribution in [2.24, 2.45) is 0 Å². The van der Waals surface area contributed by atoms with Crippen molar-refractivity contribution in [3.8, 4) is 0 Å². The maximum atomic E-state index is 10.7. The van der Waals surface area contributed by atoms with Gasteiger partial charge in [-0.1, -0.05) is 17.7 Å². The molecule has 4 heteroatoms. The number of halogens is 2. The number of carbonyl (C=O) groups excluding carboxylic acids is 1. The lowest BCUT2D eigenvalue weighted by Gasteiger charge is -1.97. The first-order valence-electron chi connectivity index (χ1n) is 2.94. The monoisotopic (exact) mass is 189 g/mol. The summed E-state index contributed by atoms with van der Waals surface area (Å²) in [7, 11) is 0. The molecule has 58 valence electrons. The van der Waals surface area contributed by atoms with Gasteiger partial charge in [-0.05, 0) is 30.2 Å². The van der Waals surface area contributed by atoms with Crippen LogP contribution in [0.15, 0.2) is 12.1 Å². The van der Waals surface area contributed by atoms with Gasteiger partial charge < -0.3 is 0 Å². The molecule has 0 fully saturated rings. The molecule has 1 rings (SSSR count). The van der Waals surface area contributed by atoms with E-state index in [0.29, 0.717) is 0 Å².